The van der Waals surface area contributed by atoms with E-state index in [9.17, 15) is 4.39 Å². The zero-order valence-electron chi connectivity index (χ0n) is 11.1. The molecule has 6 heteroatoms. The second-order valence-corrected chi connectivity index (χ2v) is 4.92. The Morgan fingerprint density at radius 3 is 2.90 bits per heavy atom. The average Bonchev–Trinajstić information content (AvgIpc) is 3.01. The van der Waals surface area contributed by atoms with Crippen LogP contribution in [-0.4, -0.2) is 14.5 Å². The van der Waals surface area contributed by atoms with Crippen molar-refractivity contribution in [3.8, 4) is 0 Å². The third-order valence-corrected chi connectivity index (χ3v) is 3.47. The van der Waals surface area contributed by atoms with Crippen molar-refractivity contribution in [2.45, 2.75) is 25.8 Å². The predicted octanol–water partition coefficient (Wildman–Crippen LogP) is 3.82. The van der Waals surface area contributed by atoms with E-state index in [0.717, 1.165) is 5.76 Å². The average molecular weight is 294 g/mol. The molecule has 1 unspecified atom stereocenters. The van der Waals surface area contributed by atoms with E-state index in [1.54, 1.807) is 12.3 Å². The van der Waals surface area contributed by atoms with Gasteiger partial charge in [0.15, 0.2) is 0 Å². The van der Waals surface area contributed by atoms with Crippen LogP contribution in [0.2, 0.25) is 0 Å². The molecule has 104 valence electrons. The maximum absolute atomic E-state index is 13.5. The fraction of sp³-hybridized carbons (Fsp3) is 0.286. The van der Waals surface area contributed by atoms with Crippen molar-refractivity contribution in [3.63, 3.8) is 0 Å². The highest BCUT2D eigenvalue weighted by Crippen LogP contribution is 2.27. The van der Waals surface area contributed by atoms with Crippen molar-refractivity contribution in [1.29, 1.82) is 0 Å². The highest BCUT2D eigenvalue weighted by Gasteiger charge is 2.20. The van der Waals surface area contributed by atoms with Gasteiger partial charge in [-0.3, -0.25) is 0 Å². The molecule has 0 aliphatic heterocycles. The van der Waals surface area contributed by atoms with Crippen LogP contribution < -0.4 is 0 Å². The topological polar surface area (TPSA) is 43.9 Å². The Hall–Kier alpha value is -1.88. The number of hydrogen-bond acceptors (Lipinski definition) is 3. The van der Waals surface area contributed by atoms with Crippen LogP contribution in [-0.2, 0) is 5.88 Å². The Bertz CT molecular complexity index is 765. The van der Waals surface area contributed by atoms with Gasteiger partial charge >= 0.3 is 0 Å². The molecule has 0 fully saturated rings. The third kappa shape index (κ3) is 2.08. The lowest BCUT2D eigenvalue weighted by molar-refractivity contribution is 0.415. The van der Waals surface area contributed by atoms with Gasteiger partial charge in [-0.05, 0) is 32.0 Å². The second-order valence-electron chi connectivity index (χ2n) is 4.65. The first kappa shape index (κ1) is 13.1. The molecule has 0 bridgehead atoms. The van der Waals surface area contributed by atoms with Gasteiger partial charge in [-0.2, -0.15) is 0 Å². The minimum Gasteiger partial charge on any atom is -0.444 e. The number of halogens is 2. The van der Waals surface area contributed by atoms with Crippen LogP contribution in [0.4, 0.5) is 4.39 Å². The Morgan fingerprint density at radius 2 is 2.25 bits per heavy atom. The van der Waals surface area contributed by atoms with Gasteiger partial charge in [0.2, 0.25) is 5.89 Å². The first-order valence-corrected chi connectivity index (χ1v) is 6.78. The van der Waals surface area contributed by atoms with E-state index in [1.165, 1.54) is 12.1 Å². The molecule has 20 heavy (non-hydrogen) atoms. The van der Waals surface area contributed by atoms with Crippen molar-refractivity contribution in [3.05, 3.63) is 47.7 Å². The van der Waals surface area contributed by atoms with Crippen molar-refractivity contribution in [1.82, 2.24) is 14.5 Å². The Morgan fingerprint density at radius 1 is 1.45 bits per heavy atom. The van der Waals surface area contributed by atoms with E-state index in [4.69, 9.17) is 16.0 Å². The van der Waals surface area contributed by atoms with E-state index in [2.05, 4.69) is 9.97 Å². The van der Waals surface area contributed by atoms with Crippen LogP contribution in [0, 0.1) is 12.7 Å². The van der Waals surface area contributed by atoms with Gasteiger partial charge in [-0.1, -0.05) is 0 Å². The van der Waals surface area contributed by atoms with Gasteiger partial charge < -0.3 is 8.98 Å². The lowest BCUT2D eigenvalue weighted by Gasteiger charge is -2.13. The molecule has 1 atom stereocenters. The minimum absolute atomic E-state index is 0.204. The molecule has 2 heterocycles. The highest BCUT2D eigenvalue weighted by molar-refractivity contribution is 6.16. The van der Waals surface area contributed by atoms with Crippen LogP contribution in [0.3, 0.4) is 0 Å². The molecule has 0 aliphatic rings. The number of aromatic nitrogens is 3. The number of alkyl halides is 1. The fourth-order valence-electron chi connectivity index (χ4n) is 2.32. The zero-order valence-corrected chi connectivity index (χ0v) is 11.9. The normalized spacial score (nSPS) is 13.0. The number of oxazole rings is 1. The number of benzene rings is 1. The molecule has 0 saturated heterocycles. The highest BCUT2D eigenvalue weighted by atomic mass is 35.5. The van der Waals surface area contributed by atoms with Crippen LogP contribution in [0.1, 0.15) is 30.4 Å². The Kier molecular flexibility index (Phi) is 3.22. The summed E-state index contributed by atoms with van der Waals surface area (Å²) in [5.41, 5.74) is 1.39. The molecule has 0 saturated carbocycles. The maximum atomic E-state index is 13.5. The molecule has 0 aliphatic carbocycles. The minimum atomic E-state index is -0.310. The van der Waals surface area contributed by atoms with Crippen LogP contribution in [0.25, 0.3) is 11.0 Å². The molecule has 1 aromatic carbocycles. The number of rotatable bonds is 3. The number of imidazole rings is 1. The molecule has 4 nitrogen and oxygen atoms in total. The second kappa shape index (κ2) is 4.90. The monoisotopic (exact) mass is 293 g/mol. The number of aryl methyl sites for hydroxylation is 1. The molecule has 0 spiro atoms. The van der Waals surface area contributed by atoms with Gasteiger partial charge in [0.25, 0.3) is 0 Å². The SMILES string of the molecule is Cc1cnc(C(C)n2c(CCl)nc3ccc(F)cc32)o1. The van der Waals surface area contributed by atoms with E-state index in [0.29, 0.717) is 22.7 Å². The number of fused-ring (bicyclic) bond motifs is 1. The summed E-state index contributed by atoms with van der Waals surface area (Å²) in [6.07, 6.45) is 1.66. The largest absolute Gasteiger partial charge is 0.444 e. The summed E-state index contributed by atoms with van der Waals surface area (Å²) in [4.78, 5) is 8.64. The van der Waals surface area contributed by atoms with Gasteiger partial charge in [0, 0.05) is 0 Å². The van der Waals surface area contributed by atoms with E-state index >= 15 is 0 Å². The predicted molar refractivity (Wildman–Crippen MR) is 74.3 cm³/mol. The van der Waals surface area contributed by atoms with E-state index in [-0.39, 0.29) is 17.7 Å². The van der Waals surface area contributed by atoms with Crippen LogP contribution >= 0.6 is 11.6 Å². The summed E-state index contributed by atoms with van der Waals surface area (Å²) in [5, 5.41) is 0. The maximum Gasteiger partial charge on any atom is 0.217 e. The summed E-state index contributed by atoms with van der Waals surface area (Å²) in [5.74, 6) is 1.87. The zero-order chi connectivity index (χ0) is 14.3. The third-order valence-electron chi connectivity index (χ3n) is 3.23. The van der Waals surface area contributed by atoms with Crippen molar-refractivity contribution >= 4 is 22.6 Å². The van der Waals surface area contributed by atoms with Crippen molar-refractivity contribution < 1.29 is 8.81 Å². The van der Waals surface area contributed by atoms with Gasteiger partial charge in [0.05, 0.1) is 23.1 Å². The molecular formula is C14H13ClFN3O. The molecule has 3 rings (SSSR count). The smallest absolute Gasteiger partial charge is 0.217 e. The van der Waals surface area contributed by atoms with Gasteiger partial charge in [-0.25, -0.2) is 14.4 Å². The molecule has 3 aromatic rings. The van der Waals surface area contributed by atoms with E-state index in [1.807, 2.05) is 18.4 Å². The van der Waals surface area contributed by atoms with E-state index < -0.39 is 0 Å². The fourth-order valence-corrected chi connectivity index (χ4v) is 2.51. The summed E-state index contributed by atoms with van der Waals surface area (Å²) < 4.78 is 20.9. The Balaban J connectivity index is 2.20. The lowest BCUT2D eigenvalue weighted by atomic mass is 10.2. The molecule has 0 N–H and O–H groups in total. The van der Waals surface area contributed by atoms with Crippen LogP contribution in [0.15, 0.2) is 28.8 Å². The first-order chi connectivity index (χ1) is 9.60. The van der Waals surface area contributed by atoms with Gasteiger partial charge in [-0.15, -0.1) is 11.6 Å². The van der Waals surface area contributed by atoms with Crippen molar-refractivity contribution in [2.24, 2.45) is 0 Å². The lowest BCUT2D eigenvalue weighted by Crippen LogP contribution is -2.10. The van der Waals surface area contributed by atoms with Gasteiger partial charge in [0.1, 0.15) is 23.4 Å². The van der Waals surface area contributed by atoms with Crippen molar-refractivity contribution in [2.75, 3.05) is 0 Å². The van der Waals surface area contributed by atoms with Crippen LogP contribution in [0.5, 0.6) is 0 Å². The molecule has 2 aromatic heterocycles. The number of nitrogens with zero attached hydrogens (tertiary/aromatic N) is 3. The standard InChI is InChI=1S/C14H13ClFN3O/c1-8-7-17-14(20-8)9(2)19-12-5-10(16)3-4-11(12)18-13(19)6-15/h3-5,7,9H,6H2,1-2H3. The summed E-state index contributed by atoms with van der Waals surface area (Å²) in [6.45, 7) is 3.75. The molecule has 0 radical (unpaired) electrons. The summed E-state index contributed by atoms with van der Waals surface area (Å²) in [6, 6.07) is 4.27. The Labute approximate surface area is 120 Å². The number of hydrogen-bond donors (Lipinski definition) is 0. The molecule has 0 amide bonds. The summed E-state index contributed by atoms with van der Waals surface area (Å²) in [7, 11) is 0. The quantitative estimate of drug-likeness (QED) is 0.690. The molecular weight excluding hydrogens is 281 g/mol. The summed E-state index contributed by atoms with van der Waals surface area (Å²) >= 11 is 5.95. The first-order valence-electron chi connectivity index (χ1n) is 6.25.